The van der Waals surface area contributed by atoms with E-state index in [9.17, 15) is 19.7 Å². The molecule has 0 radical (unpaired) electrons. The van der Waals surface area contributed by atoms with Crippen molar-refractivity contribution in [3.05, 3.63) is 39.4 Å². The number of para-hydroxylation sites is 1. The third kappa shape index (κ3) is 3.42. The van der Waals surface area contributed by atoms with E-state index in [-0.39, 0.29) is 16.8 Å². The normalized spacial score (nSPS) is 11.1. The number of carbonyl (C=O) groups excluding carboxylic acids is 1. The van der Waals surface area contributed by atoms with E-state index in [4.69, 9.17) is 10.4 Å². The zero-order valence-corrected chi connectivity index (χ0v) is 11.2. The number of hydrogen-bond donors (Lipinski definition) is 2. The Bertz CT molecular complexity index is 700. The maximum absolute atomic E-state index is 11.2. The van der Waals surface area contributed by atoms with Gasteiger partial charge in [-0.2, -0.15) is 5.26 Å². The molecule has 0 atom stereocenters. The van der Waals surface area contributed by atoms with Crippen molar-refractivity contribution < 1.29 is 19.6 Å². The molecule has 0 spiro atoms. The largest absolute Gasteiger partial charge is 0.477 e. The molecule has 1 amide bonds. The Morgan fingerprint density at radius 1 is 1.38 bits per heavy atom. The van der Waals surface area contributed by atoms with Gasteiger partial charge in [-0.15, -0.1) is 0 Å². The van der Waals surface area contributed by atoms with Crippen LogP contribution in [0.1, 0.15) is 19.4 Å². The molecule has 0 aliphatic carbocycles. The van der Waals surface area contributed by atoms with Gasteiger partial charge in [-0.25, -0.2) is 4.79 Å². The molecule has 0 unspecified atom stereocenters. The number of carbonyl (C=O) groups is 2. The first-order chi connectivity index (χ1) is 9.79. The summed E-state index contributed by atoms with van der Waals surface area (Å²) >= 11 is 0. The summed E-state index contributed by atoms with van der Waals surface area (Å²) in [5.74, 6) is -1.98. The molecule has 0 fully saturated rings. The van der Waals surface area contributed by atoms with Crippen LogP contribution in [0.2, 0.25) is 0 Å². The summed E-state index contributed by atoms with van der Waals surface area (Å²) < 4.78 is 0. The van der Waals surface area contributed by atoms with Crippen LogP contribution >= 0.6 is 0 Å². The first kappa shape index (κ1) is 15.8. The first-order valence-corrected chi connectivity index (χ1v) is 5.69. The molecule has 0 heterocycles. The highest BCUT2D eigenvalue weighted by Gasteiger charge is 2.24. The minimum atomic E-state index is -1.48. The predicted molar refractivity (Wildman–Crippen MR) is 73.2 cm³/mol. The second kappa shape index (κ2) is 6.29. The van der Waals surface area contributed by atoms with Crippen molar-refractivity contribution >= 4 is 28.8 Å². The Labute approximate surface area is 119 Å². The highest BCUT2D eigenvalue weighted by Crippen LogP contribution is 2.34. The van der Waals surface area contributed by atoms with E-state index in [1.165, 1.54) is 38.1 Å². The number of carboxylic acid groups (broad SMARTS) is 1. The lowest BCUT2D eigenvalue weighted by atomic mass is 9.99. The van der Waals surface area contributed by atoms with Gasteiger partial charge in [0.05, 0.1) is 10.5 Å². The summed E-state index contributed by atoms with van der Waals surface area (Å²) in [7, 11) is 0. The highest BCUT2D eigenvalue weighted by molar-refractivity contribution is 6.02. The second-order valence-corrected chi connectivity index (χ2v) is 4.06. The number of nitriles is 1. The number of benzene rings is 1. The molecule has 0 aliphatic heterocycles. The molecular formula is C13H11N3O5. The fourth-order valence-corrected chi connectivity index (χ4v) is 1.76. The van der Waals surface area contributed by atoms with E-state index < -0.39 is 28.1 Å². The summed E-state index contributed by atoms with van der Waals surface area (Å²) in [6.45, 7) is 2.49. The minimum absolute atomic E-state index is 0.0369. The Balaban J connectivity index is 3.65. The number of aliphatic carboxylic acids is 1. The van der Waals surface area contributed by atoms with Crippen molar-refractivity contribution in [2.45, 2.75) is 13.8 Å². The van der Waals surface area contributed by atoms with E-state index in [0.717, 1.165) is 0 Å². The van der Waals surface area contributed by atoms with Gasteiger partial charge in [0.25, 0.3) is 5.69 Å². The molecule has 1 aromatic rings. The molecule has 0 aliphatic rings. The lowest BCUT2D eigenvalue weighted by Crippen LogP contribution is -2.10. The molecule has 21 heavy (non-hydrogen) atoms. The fraction of sp³-hybridized carbons (Fsp3) is 0.154. The number of carboxylic acids is 1. The van der Waals surface area contributed by atoms with Crippen LogP contribution in [0.4, 0.5) is 11.4 Å². The number of allylic oxidation sites excluding steroid dienone is 1. The van der Waals surface area contributed by atoms with E-state index in [1.54, 1.807) is 0 Å². The summed E-state index contributed by atoms with van der Waals surface area (Å²) in [6.07, 6.45) is 0. The van der Waals surface area contributed by atoms with Crippen molar-refractivity contribution in [2.75, 3.05) is 5.32 Å². The minimum Gasteiger partial charge on any atom is -0.477 e. The van der Waals surface area contributed by atoms with Gasteiger partial charge in [0.1, 0.15) is 17.3 Å². The monoisotopic (exact) mass is 289 g/mol. The van der Waals surface area contributed by atoms with Crippen LogP contribution < -0.4 is 5.32 Å². The molecule has 0 aromatic heterocycles. The third-order valence-electron chi connectivity index (χ3n) is 2.63. The van der Waals surface area contributed by atoms with Gasteiger partial charge in [0.15, 0.2) is 0 Å². The number of rotatable bonds is 4. The summed E-state index contributed by atoms with van der Waals surface area (Å²) in [5.41, 5.74) is -1.21. The second-order valence-electron chi connectivity index (χ2n) is 4.06. The maximum atomic E-state index is 11.2. The Morgan fingerprint density at radius 3 is 2.43 bits per heavy atom. The molecule has 1 aromatic carbocycles. The third-order valence-corrected chi connectivity index (χ3v) is 2.63. The Morgan fingerprint density at radius 2 is 2.00 bits per heavy atom. The van der Waals surface area contributed by atoms with Gasteiger partial charge in [0.2, 0.25) is 5.91 Å². The number of hydrogen-bond acceptors (Lipinski definition) is 5. The Hall–Kier alpha value is -3.21. The van der Waals surface area contributed by atoms with Crippen molar-refractivity contribution in [2.24, 2.45) is 0 Å². The quantitative estimate of drug-likeness (QED) is 0.376. The zero-order chi connectivity index (χ0) is 16.2. The lowest BCUT2D eigenvalue weighted by Gasteiger charge is -2.09. The van der Waals surface area contributed by atoms with Crippen LogP contribution in [-0.4, -0.2) is 21.9 Å². The van der Waals surface area contributed by atoms with Gasteiger partial charge in [-0.1, -0.05) is 6.07 Å². The van der Waals surface area contributed by atoms with Crippen LogP contribution in [0.5, 0.6) is 0 Å². The molecule has 2 N–H and O–H groups in total. The van der Waals surface area contributed by atoms with Crippen LogP contribution in [0.25, 0.3) is 5.57 Å². The number of anilines is 1. The number of nitrogens with one attached hydrogen (secondary N) is 1. The van der Waals surface area contributed by atoms with E-state index in [0.29, 0.717) is 0 Å². The van der Waals surface area contributed by atoms with E-state index >= 15 is 0 Å². The number of nitro groups is 1. The summed E-state index contributed by atoms with van der Waals surface area (Å²) in [5, 5.41) is 31.3. The lowest BCUT2D eigenvalue weighted by molar-refractivity contribution is -0.384. The van der Waals surface area contributed by atoms with Gasteiger partial charge >= 0.3 is 5.97 Å². The van der Waals surface area contributed by atoms with Crippen molar-refractivity contribution in [1.29, 1.82) is 5.26 Å². The predicted octanol–water partition coefficient (Wildman–Crippen LogP) is 1.93. The van der Waals surface area contributed by atoms with Crippen LogP contribution in [0.15, 0.2) is 23.8 Å². The number of nitrogens with zero attached hydrogens (tertiary/aromatic N) is 2. The fourth-order valence-electron chi connectivity index (χ4n) is 1.76. The highest BCUT2D eigenvalue weighted by atomic mass is 16.6. The van der Waals surface area contributed by atoms with Crippen molar-refractivity contribution in [3.8, 4) is 6.07 Å². The molecule has 8 heteroatoms. The molecule has 108 valence electrons. The number of nitro benzene ring substituents is 1. The maximum Gasteiger partial charge on any atom is 0.346 e. The van der Waals surface area contributed by atoms with Gasteiger partial charge < -0.3 is 10.4 Å². The molecule has 0 saturated heterocycles. The van der Waals surface area contributed by atoms with E-state index in [2.05, 4.69) is 5.32 Å². The topological polar surface area (TPSA) is 133 Å². The zero-order valence-electron chi connectivity index (χ0n) is 11.2. The summed E-state index contributed by atoms with van der Waals surface area (Å²) in [4.78, 5) is 32.5. The average Bonchev–Trinajstić information content (AvgIpc) is 2.37. The average molecular weight is 289 g/mol. The van der Waals surface area contributed by atoms with Gasteiger partial charge in [-0.05, 0) is 24.6 Å². The molecule has 8 nitrogen and oxygen atoms in total. The summed E-state index contributed by atoms with van der Waals surface area (Å²) in [6, 6.07) is 5.56. The van der Waals surface area contributed by atoms with E-state index in [1.807, 2.05) is 0 Å². The molecule has 0 bridgehead atoms. The van der Waals surface area contributed by atoms with Gasteiger partial charge in [-0.3, -0.25) is 14.9 Å². The molecule has 1 rings (SSSR count). The van der Waals surface area contributed by atoms with Crippen molar-refractivity contribution in [3.63, 3.8) is 0 Å². The Kier molecular flexibility index (Phi) is 4.75. The van der Waals surface area contributed by atoms with Crippen LogP contribution in [-0.2, 0) is 9.59 Å². The molecule has 0 saturated carbocycles. The SMILES string of the molecule is CC(=O)Nc1cccc(C(C)=C(C#N)C(=O)O)c1[N+](=O)[O-]. The smallest absolute Gasteiger partial charge is 0.346 e. The van der Waals surface area contributed by atoms with Gasteiger partial charge in [0, 0.05) is 6.92 Å². The standard InChI is InChI=1S/C13H11N3O5/c1-7(10(6-14)13(18)19)9-4-3-5-11(15-8(2)17)12(9)16(20)21/h3-5H,1-2H3,(H,15,17)(H,18,19). The molecular weight excluding hydrogens is 278 g/mol. The van der Waals surface area contributed by atoms with Crippen LogP contribution in [0, 0.1) is 21.4 Å². The first-order valence-electron chi connectivity index (χ1n) is 5.69. The van der Waals surface area contributed by atoms with Crippen LogP contribution in [0.3, 0.4) is 0 Å². The van der Waals surface area contributed by atoms with Crippen molar-refractivity contribution in [1.82, 2.24) is 0 Å². The number of amides is 1.